The van der Waals surface area contributed by atoms with Gasteiger partial charge in [-0.05, 0) is 67.5 Å². The smallest absolute Gasteiger partial charge is 0.407 e. The van der Waals surface area contributed by atoms with E-state index in [9.17, 15) is 22.7 Å². The molecule has 260 valence electrons. The standard InChI is InChI=1S/C33H41FN4O8S2/c1-18(2)11-12-38(48(41,42)22-9-10-24-28(14-22)47-32(36-24)35-21-7-8-21)15-26(39)25(13-19-3-5-20(34)6-4-19)37-33(40)46-29-23-16-43-31-30(23)45-27(29)17-44-31/h3-6,9-10,14,18,21,23,25-27,29-31,39H,7-8,11-13,15-17H2,1-2H3,(H,35,36)(H,37,40)/t23?,25-,26+,27?,29?,30?,31?/m0/s1. The van der Waals surface area contributed by atoms with Gasteiger partial charge in [0, 0.05) is 19.1 Å². The number of nitrogens with zero attached hydrogens (tertiary/aromatic N) is 2. The number of fused-ring (bicyclic) bond motifs is 2. The summed E-state index contributed by atoms with van der Waals surface area (Å²) in [6.45, 7) is 4.42. The number of sulfonamides is 1. The van der Waals surface area contributed by atoms with Gasteiger partial charge in [-0.1, -0.05) is 37.3 Å². The van der Waals surface area contributed by atoms with Crippen LogP contribution in [0.15, 0.2) is 47.4 Å². The second kappa shape index (κ2) is 13.8. The predicted octanol–water partition coefficient (Wildman–Crippen LogP) is 3.88. The van der Waals surface area contributed by atoms with Crippen molar-refractivity contribution in [2.75, 3.05) is 31.6 Å². The molecule has 0 spiro atoms. The van der Waals surface area contributed by atoms with Crippen molar-refractivity contribution in [2.24, 2.45) is 11.8 Å². The van der Waals surface area contributed by atoms with Crippen molar-refractivity contribution in [1.82, 2.24) is 14.6 Å². The third kappa shape index (κ3) is 7.32. The maximum atomic E-state index is 14.2. The number of aliphatic hydroxyl groups is 1. The van der Waals surface area contributed by atoms with Crippen molar-refractivity contribution in [3.8, 4) is 0 Å². The van der Waals surface area contributed by atoms with E-state index >= 15 is 0 Å². The number of ether oxygens (including phenoxy) is 4. The summed E-state index contributed by atoms with van der Waals surface area (Å²) >= 11 is 1.41. The second-order valence-corrected chi connectivity index (χ2v) is 16.4. The normalized spacial score (nSPS) is 26.2. The lowest BCUT2D eigenvalue weighted by Gasteiger charge is -2.31. The molecule has 5 unspecified atom stereocenters. The van der Waals surface area contributed by atoms with Gasteiger partial charge in [-0.25, -0.2) is 22.6 Å². The van der Waals surface area contributed by atoms with Crippen LogP contribution in [0.1, 0.15) is 38.7 Å². The number of halogens is 1. The van der Waals surface area contributed by atoms with E-state index in [-0.39, 0.29) is 49.0 Å². The van der Waals surface area contributed by atoms with E-state index in [4.69, 9.17) is 18.9 Å². The third-order valence-corrected chi connectivity index (χ3v) is 12.1. The summed E-state index contributed by atoms with van der Waals surface area (Å²) in [6, 6.07) is 10.0. The minimum Gasteiger partial charge on any atom is -0.443 e. The summed E-state index contributed by atoms with van der Waals surface area (Å²) in [5, 5.41) is 18.6. The van der Waals surface area contributed by atoms with Crippen molar-refractivity contribution in [1.29, 1.82) is 0 Å². The number of nitrogens with one attached hydrogen (secondary N) is 2. The van der Waals surface area contributed by atoms with Crippen molar-refractivity contribution in [2.45, 2.75) is 87.2 Å². The van der Waals surface area contributed by atoms with Gasteiger partial charge < -0.3 is 34.7 Å². The first-order chi connectivity index (χ1) is 23.0. The van der Waals surface area contributed by atoms with Crippen LogP contribution in [-0.2, 0) is 35.4 Å². The van der Waals surface area contributed by atoms with E-state index in [1.807, 2.05) is 13.8 Å². The van der Waals surface area contributed by atoms with E-state index in [1.165, 1.54) is 27.8 Å². The summed E-state index contributed by atoms with van der Waals surface area (Å²) < 4.78 is 67.2. The molecule has 1 aromatic heterocycles. The summed E-state index contributed by atoms with van der Waals surface area (Å²) in [5.41, 5.74) is 1.35. The first-order valence-corrected chi connectivity index (χ1v) is 18.7. The molecule has 0 radical (unpaired) electrons. The molecule has 4 aliphatic rings. The van der Waals surface area contributed by atoms with Crippen molar-refractivity contribution in [3.05, 3.63) is 53.8 Å². The van der Waals surface area contributed by atoms with Crippen LogP contribution in [0, 0.1) is 17.7 Å². The fourth-order valence-corrected chi connectivity index (χ4v) is 8.98. The summed E-state index contributed by atoms with van der Waals surface area (Å²) in [4.78, 5) is 18.0. The SMILES string of the molecule is CC(C)CCN(C[C@@H](O)[C@H](Cc1ccc(F)cc1)NC(=O)OC1C2COC3OCC1C3O2)S(=O)(=O)c1ccc2nc(NC3CC3)sc2c1. The van der Waals surface area contributed by atoms with E-state index in [0.717, 1.165) is 22.7 Å². The van der Waals surface area contributed by atoms with Crippen LogP contribution in [0.3, 0.4) is 0 Å². The van der Waals surface area contributed by atoms with Crippen molar-refractivity contribution < 1.29 is 41.7 Å². The summed E-state index contributed by atoms with van der Waals surface area (Å²) in [6.07, 6.45) is -1.10. The summed E-state index contributed by atoms with van der Waals surface area (Å²) in [5.74, 6) is -0.407. The highest BCUT2D eigenvalue weighted by atomic mass is 32.2. The van der Waals surface area contributed by atoms with Crippen LogP contribution in [-0.4, -0.2) is 98.0 Å². The van der Waals surface area contributed by atoms with Crippen LogP contribution >= 0.6 is 11.3 Å². The Hall–Kier alpha value is -2.92. The average molecular weight is 705 g/mol. The number of hydrogen-bond acceptors (Lipinski definition) is 11. The van der Waals surface area contributed by atoms with Gasteiger partial charge in [0.25, 0.3) is 0 Å². The lowest BCUT2D eigenvalue weighted by Crippen LogP contribution is -2.52. The van der Waals surface area contributed by atoms with Gasteiger partial charge in [0.05, 0.1) is 46.4 Å². The van der Waals surface area contributed by atoms with Gasteiger partial charge in [-0.2, -0.15) is 4.31 Å². The fraction of sp³-hybridized carbons (Fsp3) is 0.576. The van der Waals surface area contributed by atoms with E-state index in [1.54, 1.807) is 30.3 Å². The van der Waals surface area contributed by atoms with Crippen LogP contribution in [0.4, 0.5) is 14.3 Å². The minimum atomic E-state index is -4.07. The highest BCUT2D eigenvalue weighted by Crippen LogP contribution is 2.41. The van der Waals surface area contributed by atoms with Crippen molar-refractivity contribution >= 4 is 42.8 Å². The molecular formula is C33H41FN4O8S2. The lowest BCUT2D eigenvalue weighted by atomic mass is 9.99. The van der Waals surface area contributed by atoms with Gasteiger partial charge in [-0.3, -0.25) is 0 Å². The van der Waals surface area contributed by atoms with E-state index in [2.05, 4.69) is 15.6 Å². The number of aliphatic hydroxyl groups excluding tert-OH is 1. The number of benzene rings is 2. The van der Waals surface area contributed by atoms with Gasteiger partial charge in [0.2, 0.25) is 10.0 Å². The number of carbonyl (C=O) groups excluding carboxylic acids is 1. The lowest BCUT2D eigenvalue weighted by molar-refractivity contribution is -0.231. The Bertz CT molecular complexity index is 1720. The monoisotopic (exact) mass is 704 g/mol. The van der Waals surface area contributed by atoms with E-state index in [0.29, 0.717) is 30.1 Å². The van der Waals surface area contributed by atoms with Gasteiger partial charge in [-0.15, -0.1) is 0 Å². The van der Waals surface area contributed by atoms with Crippen LogP contribution < -0.4 is 10.6 Å². The zero-order valence-corrected chi connectivity index (χ0v) is 28.4. The Morgan fingerprint density at radius 3 is 2.69 bits per heavy atom. The molecule has 7 atom stereocenters. The average Bonchev–Trinajstić information content (AvgIpc) is 3.51. The maximum absolute atomic E-state index is 14.2. The van der Waals surface area contributed by atoms with Gasteiger partial charge >= 0.3 is 6.09 Å². The largest absolute Gasteiger partial charge is 0.443 e. The molecule has 48 heavy (non-hydrogen) atoms. The molecule has 2 aromatic carbocycles. The molecular weight excluding hydrogens is 664 g/mol. The fourth-order valence-electron chi connectivity index (χ4n) is 6.42. The Balaban J connectivity index is 1.10. The van der Waals surface area contributed by atoms with Gasteiger partial charge in [0.15, 0.2) is 11.4 Å². The predicted molar refractivity (Wildman–Crippen MR) is 176 cm³/mol. The Labute approximate surface area is 283 Å². The molecule has 4 fully saturated rings. The number of anilines is 1. The molecule has 3 aliphatic heterocycles. The number of aromatic nitrogens is 1. The first kappa shape index (κ1) is 33.6. The highest BCUT2D eigenvalue weighted by Gasteiger charge is 2.58. The number of hydrogen-bond donors (Lipinski definition) is 3. The maximum Gasteiger partial charge on any atom is 0.407 e. The molecule has 1 saturated carbocycles. The molecule has 1 aliphatic carbocycles. The van der Waals surface area contributed by atoms with Crippen molar-refractivity contribution in [3.63, 3.8) is 0 Å². The highest BCUT2D eigenvalue weighted by molar-refractivity contribution is 7.89. The second-order valence-electron chi connectivity index (χ2n) is 13.5. The topological polar surface area (TPSA) is 149 Å². The molecule has 12 nitrogen and oxygen atoms in total. The van der Waals surface area contributed by atoms with Crippen LogP contribution in [0.2, 0.25) is 0 Å². The Morgan fingerprint density at radius 2 is 1.94 bits per heavy atom. The van der Waals surface area contributed by atoms with Gasteiger partial charge in [0.1, 0.15) is 24.1 Å². The molecule has 7 rings (SSSR count). The number of thiazole rings is 1. The molecule has 2 bridgehead atoms. The van der Waals surface area contributed by atoms with Crippen LogP contribution in [0.25, 0.3) is 10.2 Å². The number of carbonyl (C=O) groups is 1. The Morgan fingerprint density at radius 1 is 1.17 bits per heavy atom. The third-order valence-electron chi connectivity index (χ3n) is 9.32. The van der Waals surface area contributed by atoms with Crippen LogP contribution in [0.5, 0.6) is 0 Å². The zero-order valence-electron chi connectivity index (χ0n) is 26.8. The number of alkyl carbamates (subject to hydrolysis) is 1. The Kier molecular flexibility index (Phi) is 9.63. The molecule has 3 saturated heterocycles. The molecule has 15 heteroatoms. The minimum absolute atomic E-state index is 0.0988. The number of rotatable bonds is 14. The molecule has 4 heterocycles. The summed E-state index contributed by atoms with van der Waals surface area (Å²) in [7, 11) is -4.07. The first-order valence-electron chi connectivity index (χ1n) is 16.5. The molecule has 1 amide bonds. The zero-order chi connectivity index (χ0) is 33.6. The molecule has 3 aromatic rings. The van der Waals surface area contributed by atoms with E-state index < -0.39 is 52.6 Å². The quantitative estimate of drug-likeness (QED) is 0.226. The molecule has 3 N–H and O–H groups in total. The number of amides is 1.